The van der Waals surface area contributed by atoms with Gasteiger partial charge in [-0.2, -0.15) is 0 Å². The molecule has 1 atom stereocenters. The summed E-state index contributed by atoms with van der Waals surface area (Å²) >= 11 is 12.4. The second-order valence-corrected chi connectivity index (χ2v) is 11.6. The third-order valence-electron chi connectivity index (χ3n) is 6.23. The van der Waals surface area contributed by atoms with Gasteiger partial charge in [0.2, 0.25) is 21.8 Å². The summed E-state index contributed by atoms with van der Waals surface area (Å²) in [5, 5.41) is 3.16. The highest BCUT2D eigenvalue weighted by Gasteiger charge is 2.33. The molecule has 0 heterocycles. The lowest BCUT2D eigenvalue weighted by Crippen LogP contribution is -2.53. The maximum Gasteiger partial charge on any atom is 0.244 e. The first kappa shape index (κ1) is 28.2. The summed E-state index contributed by atoms with van der Waals surface area (Å²) in [5.74, 6) is -1.33. The zero-order valence-electron chi connectivity index (χ0n) is 20.2. The molecule has 36 heavy (non-hydrogen) atoms. The number of carbonyl (C=O) groups is 2. The van der Waals surface area contributed by atoms with Gasteiger partial charge in [0.15, 0.2) is 0 Å². The fourth-order valence-electron chi connectivity index (χ4n) is 4.35. The molecule has 0 radical (unpaired) electrons. The van der Waals surface area contributed by atoms with E-state index in [1.165, 1.54) is 47.4 Å². The maximum atomic E-state index is 13.7. The van der Waals surface area contributed by atoms with Crippen LogP contribution in [0.15, 0.2) is 42.5 Å². The Morgan fingerprint density at radius 3 is 2.33 bits per heavy atom. The molecule has 0 aliphatic heterocycles. The molecule has 0 spiro atoms. The molecule has 2 amide bonds. The second kappa shape index (κ2) is 12.3. The molecule has 1 aliphatic carbocycles. The van der Waals surface area contributed by atoms with Crippen LogP contribution in [0.4, 0.5) is 10.1 Å². The summed E-state index contributed by atoms with van der Waals surface area (Å²) < 4.78 is 39.7. The van der Waals surface area contributed by atoms with Crippen LogP contribution in [0.1, 0.15) is 44.6 Å². The minimum Gasteiger partial charge on any atom is -0.352 e. The van der Waals surface area contributed by atoms with E-state index >= 15 is 0 Å². The Bertz CT molecular complexity index is 1190. The molecule has 11 heteroatoms. The minimum atomic E-state index is -3.94. The van der Waals surface area contributed by atoms with Crippen molar-refractivity contribution in [3.8, 4) is 0 Å². The summed E-state index contributed by atoms with van der Waals surface area (Å²) in [7, 11) is -3.94. The van der Waals surface area contributed by atoms with Crippen molar-refractivity contribution in [3.05, 3.63) is 63.9 Å². The Morgan fingerprint density at radius 2 is 1.75 bits per heavy atom. The predicted molar refractivity (Wildman–Crippen MR) is 140 cm³/mol. The first-order valence-electron chi connectivity index (χ1n) is 11.8. The van der Waals surface area contributed by atoms with E-state index in [2.05, 4.69) is 5.32 Å². The third-order valence-corrected chi connectivity index (χ3v) is 8.17. The van der Waals surface area contributed by atoms with Crippen LogP contribution in [0, 0.1) is 5.82 Å². The van der Waals surface area contributed by atoms with E-state index in [1.54, 1.807) is 6.92 Å². The van der Waals surface area contributed by atoms with Gasteiger partial charge in [0.05, 0.1) is 22.0 Å². The highest BCUT2D eigenvalue weighted by molar-refractivity contribution is 7.92. The van der Waals surface area contributed by atoms with E-state index < -0.39 is 34.3 Å². The molecule has 1 aliphatic rings. The van der Waals surface area contributed by atoms with Crippen LogP contribution in [-0.2, 0) is 26.2 Å². The van der Waals surface area contributed by atoms with Crippen LogP contribution < -0.4 is 9.62 Å². The summed E-state index contributed by atoms with van der Waals surface area (Å²) in [5.41, 5.74) is 0.661. The minimum absolute atomic E-state index is 0.00339. The third kappa shape index (κ3) is 7.11. The normalized spacial score (nSPS) is 14.9. The van der Waals surface area contributed by atoms with Crippen molar-refractivity contribution in [2.75, 3.05) is 17.1 Å². The zero-order chi connectivity index (χ0) is 26.5. The molecular formula is C25H30Cl2FN3O4S. The number of carbonyl (C=O) groups excluding carboxylic acids is 2. The number of nitrogens with one attached hydrogen (secondary N) is 1. The number of hydrogen-bond acceptors (Lipinski definition) is 4. The van der Waals surface area contributed by atoms with E-state index in [0.29, 0.717) is 12.0 Å². The topological polar surface area (TPSA) is 86.8 Å². The molecule has 1 fully saturated rings. The number of nitrogens with zero attached hydrogens (tertiary/aromatic N) is 2. The SMILES string of the molecule is CCC(C(=O)NC1CCCC1)N(Cc1ccc(F)cc1)C(=O)CN(c1cccc(Cl)c1Cl)S(C)(=O)=O. The van der Waals surface area contributed by atoms with Crippen molar-refractivity contribution in [1.82, 2.24) is 10.2 Å². The van der Waals surface area contributed by atoms with Crippen LogP contribution >= 0.6 is 23.2 Å². The van der Waals surface area contributed by atoms with Gasteiger partial charge in [-0.05, 0) is 49.1 Å². The van der Waals surface area contributed by atoms with E-state index in [1.807, 2.05) is 0 Å². The van der Waals surface area contributed by atoms with Crippen molar-refractivity contribution in [2.45, 2.75) is 57.7 Å². The van der Waals surface area contributed by atoms with Gasteiger partial charge in [-0.3, -0.25) is 13.9 Å². The summed E-state index contributed by atoms with van der Waals surface area (Å²) in [6.07, 6.45) is 5.09. The second-order valence-electron chi connectivity index (χ2n) is 8.90. The van der Waals surface area contributed by atoms with Crippen molar-refractivity contribution in [1.29, 1.82) is 0 Å². The highest BCUT2D eigenvalue weighted by Crippen LogP contribution is 2.34. The molecule has 1 saturated carbocycles. The number of benzene rings is 2. The largest absolute Gasteiger partial charge is 0.352 e. The molecule has 0 aromatic heterocycles. The predicted octanol–water partition coefficient (Wildman–Crippen LogP) is 4.76. The van der Waals surface area contributed by atoms with Gasteiger partial charge in [-0.15, -0.1) is 0 Å². The van der Waals surface area contributed by atoms with Crippen molar-refractivity contribution < 1.29 is 22.4 Å². The molecule has 0 saturated heterocycles. The summed E-state index contributed by atoms with van der Waals surface area (Å²) in [4.78, 5) is 28.3. The smallest absolute Gasteiger partial charge is 0.244 e. The van der Waals surface area contributed by atoms with Crippen molar-refractivity contribution in [3.63, 3.8) is 0 Å². The first-order valence-corrected chi connectivity index (χ1v) is 14.4. The molecule has 196 valence electrons. The summed E-state index contributed by atoms with van der Waals surface area (Å²) in [6, 6.07) is 9.29. The fourth-order valence-corrected chi connectivity index (χ4v) is 5.66. The van der Waals surface area contributed by atoms with Crippen LogP contribution in [-0.4, -0.2) is 50.0 Å². The van der Waals surface area contributed by atoms with Gasteiger partial charge < -0.3 is 10.2 Å². The lowest BCUT2D eigenvalue weighted by molar-refractivity contribution is -0.140. The molecule has 3 rings (SSSR count). The summed E-state index contributed by atoms with van der Waals surface area (Å²) in [6.45, 7) is 1.19. The maximum absolute atomic E-state index is 13.7. The highest BCUT2D eigenvalue weighted by atomic mass is 35.5. The van der Waals surface area contributed by atoms with Gasteiger partial charge in [0.25, 0.3) is 0 Å². The Morgan fingerprint density at radius 1 is 1.11 bits per heavy atom. The van der Waals surface area contributed by atoms with Gasteiger partial charge >= 0.3 is 0 Å². The Kier molecular flexibility index (Phi) is 9.60. The average molecular weight is 559 g/mol. The number of anilines is 1. The van der Waals surface area contributed by atoms with Gasteiger partial charge in [0, 0.05) is 12.6 Å². The number of halogens is 3. The van der Waals surface area contributed by atoms with Gasteiger partial charge in [0.1, 0.15) is 18.4 Å². The molecule has 7 nitrogen and oxygen atoms in total. The van der Waals surface area contributed by atoms with Crippen molar-refractivity contribution in [2.24, 2.45) is 0 Å². The first-order chi connectivity index (χ1) is 17.0. The van der Waals surface area contributed by atoms with Crippen LogP contribution in [0.3, 0.4) is 0 Å². The Labute approximate surface area is 221 Å². The van der Waals surface area contributed by atoms with Gasteiger partial charge in [-0.25, -0.2) is 12.8 Å². The monoisotopic (exact) mass is 557 g/mol. The van der Waals surface area contributed by atoms with Crippen LogP contribution in [0.5, 0.6) is 0 Å². The quantitative estimate of drug-likeness (QED) is 0.456. The number of rotatable bonds is 10. The lowest BCUT2D eigenvalue weighted by Gasteiger charge is -2.33. The number of hydrogen-bond donors (Lipinski definition) is 1. The van der Waals surface area contributed by atoms with Gasteiger partial charge in [-0.1, -0.05) is 61.2 Å². The van der Waals surface area contributed by atoms with Crippen molar-refractivity contribution >= 4 is 50.7 Å². The standard InChI is InChI=1S/C25H30Cl2FN3O4S/c1-3-21(25(33)29-19-7-4-5-8-19)30(15-17-11-13-18(28)14-12-17)23(32)16-31(36(2,34)35)22-10-6-9-20(26)24(22)27/h6,9-14,19,21H,3-5,7-8,15-16H2,1-2H3,(H,29,33). The molecule has 2 aromatic rings. The molecule has 0 bridgehead atoms. The van der Waals surface area contributed by atoms with E-state index in [9.17, 15) is 22.4 Å². The Hall–Kier alpha value is -2.36. The van der Waals surface area contributed by atoms with E-state index in [0.717, 1.165) is 36.2 Å². The molecule has 1 N–H and O–H groups in total. The number of amides is 2. The average Bonchev–Trinajstić information content (AvgIpc) is 3.33. The zero-order valence-corrected chi connectivity index (χ0v) is 22.5. The fraction of sp³-hybridized carbons (Fsp3) is 0.440. The number of sulfonamides is 1. The van der Waals surface area contributed by atoms with Crippen LogP contribution in [0.2, 0.25) is 10.0 Å². The molecular weight excluding hydrogens is 528 g/mol. The molecule has 1 unspecified atom stereocenters. The van der Waals surface area contributed by atoms with E-state index in [-0.39, 0.29) is 34.2 Å². The van der Waals surface area contributed by atoms with E-state index in [4.69, 9.17) is 23.2 Å². The Balaban J connectivity index is 1.94. The lowest BCUT2D eigenvalue weighted by atomic mass is 10.1. The molecule has 2 aromatic carbocycles. The van der Waals surface area contributed by atoms with Crippen LogP contribution in [0.25, 0.3) is 0 Å².